The van der Waals surface area contributed by atoms with Crippen LogP contribution in [0.4, 0.5) is 0 Å². The molecule has 29 heavy (non-hydrogen) atoms. The lowest BCUT2D eigenvalue weighted by Crippen LogP contribution is -2.42. The third kappa shape index (κ3) is 3.37. The summed E-state index contributed by atoms with van der Waals surface area (Å²) >= 11 is 0. The molecule has 2 atom stereocenters. The Morgan fingerprint density at radius 2 is 2.07 bits per heavy atom. The number of nitrogens with zero attached hydrogens (tertiary/aromatic N) is 6. The lowest BCUT2D eigenvalue weighted by Gasteiger charge is -2.19. The molecule has 2 fully saturated rings. The molecule has 0 bridgehead atoms. The lowest BCUT2D eigenvalue weighted by atomic mass is 10.0. The molecule has 0 radical (unpaired) electrons. The van der Waals surface area contributed by atoms with Crippen LogP contribution in [0.25, 0.3) is 11.0 Å². The molecule has 1 aliphatic carbocycles. The highest BCUT2D eigenvalue weighted by molar-refractivity contribution is 5.82. The first-order valence-electron chi connectivity index (χ1n) is 9.92. The van der Waals surface area contributed by atoms with Crippen LogP contribution in [0.15, 0.2) is 36.9 Å². The first-order valence-corrected chi connectivity index (χ1v) is 9.92. The molecular weight excluding hydrogens is 370 g/mol. The Hall–Kier alpha value is -3.23. The van der Waals surface area contributed by atoms with Crippen LogP contribution < -0.4 is 5.32 Å². The van der Waals surface area contributed by atoms with Crippen molar-refractivity contribution in [3.8, 4) is 0 Å². The van der Waals surface area contributed by atoms with Gasteiger partial charge in [-0.05, 0) is 25.0 Å². The summed E-state index contributed by atoms with van der Waals surface area (Å²) in [4.78, 5) is 36.0. The van der Waals surface area contributed by atoms with E-state index in [1.807, 2.05) is 29.9 Å². The number of imidazole rings is 1. The Morgan fingerprint density at radius 3 is 2.83 bits per heavy atom. The Morgan fingerprint density at radius 1 is 1.21 bits per heavy atom. The van der Waals surface area contributed by atoms with Crippen LogP contribution in [0.3, 0.4) is 0 Å². The third-order valence-corrected chi connectivity index (χ3v) is 5.82. The number of carbonyl (C=O) groups excluding carboxylic acids is 2. The van der Waals surface area contributed by atoms with Gasteiger partial charge >= 0.3 is 0 Å². The molecule has 1 saturated carbocycles. The average molecular weight is 393 g/mol. The summed E-state index contributed by atoms with van der Waals surface area (Å²) in [5.41, 5.74) is 0.694. The molecule has 1 saturated heterocycles. The predicted octanol–water partition coefficient (Wildman–Crippen LogP) is 0.686. The number of amides is 2. The SMILES string of the molecule is Cn1ccnc1[C@@H]1CN(C(=O)Cn2ncc3cccnc32)C[C@H]1NC(=O)C1CC1. The van der Waals surface area contributed by atoms with Crippen molar-refractivity contribution in [2.24, 2.45) is 13.0 Å². The van der Waals surface area contributed by atoms with Gasteiger partial charge in [-0.2, -0.15) is 5.10 Å². The van der Waals surface area contributed by atoms with Gasteiger partial charge in [-0.3, -0.25) is 9.59 Å². The van der Waals surface area contributed by atoms with Gasteiger partial charge in [0.05, 0.1) is 18.2 Å². The van der Waals surface area contributed by atoms with Gasteiger partial charge in [0.25, 0.3) is 0 Å². The zero-order valence-corrected chi connectivity index (χ0v) is 16.2. The van der Waals surface area contributed by atoms with Gasteiger partial charge in [0.15, 0.2) is 5.65 Å². The molecule has 4 heterocycles. The summed E-state index contributed by atoms with van der Waals surface area (Å²) in [6.45, 7) is 1.12. The number of aromatic nitrogens is 5. The van der Waals surface area contributed by atoms with Crippen LogP contribution in [-0.4, -0.2) is 60.2 Å². The summed E-state index contributed by atoms with van der Waals surface area (Å²) in [6, 6.07) is 3.63. The predicted molar refractivity (Wildman–Crippen MR) is 105 cm³/mol. The smallest absolute Gasteiger partial charge is 0.244 e. The van der Waals surface area contributed by atoms with Crippen molar-refractivity contribution in [3.05, 3.63) is 42.7 Å². The third-order valence-electron chi connectivity index (χ3n) is 5.82. The van der Waals surface area contributed by atoms with Gasteiger partial charge in [0.2, 0.25) is 11.8 Å². The van der Waals surface area contributed by atoms with Crippen LogP contribution in [-0.2, 0) is 23.2 Å². The molecule has 5 rings (SSSR count). The monoisotopic (exact) mass is 393 g/mol. The Kier molecular flexibility index (Phi) is 4.30. The van der Waals surface area contributed by atoms with Crippen molar-refractivity contribution in [3.63, 3.8) is 0 Å². The van der Waals surface area contributed by atoms with Gasteiger partial charge < -0.3 is 14.8 Å². The fourth-order valence-electron chi connectivity index (χ4n) is 4.05. The van der Waals surface area contributed by atoms with Crippen LogP contribution >= 0.6 is 0 Å². The molecule has 1 aliphatic heterocycles. The first-order chi connectivity index (χ1) is 14.1. The normalized spacial score (nSPS) is 21.6. The fraction of sp³-hybridized carbons (Fsp3) is 0.450. The van der Waals surface area contributed by atoms with Gasteiger partial charge in [0, 0.05) is 50.0 Å². The van der Waals surface area contributed by atoms with E-state index in [0.717, 1.165) is 24.1 Å². The van der Waals surface area contributed by atoms with E-state index in [1.165, 1.54) is 0 Å². The zero-order chi connectivity index (χ0) is 20.0. The Bertz CT molecular complexity index is 1070. The highest BCUT2D eigenvalue weighted by atomic mass is 16.2. The molecular formula is C20H23N7O2. The molecule has 1 N–H and O–H groups in total. The van der Waals surface area contributed by atoms with E-state index in [1.54, 1.807) is 28.2 Å². The van der Waals surface area contributed by atoms with Crippen LogP contribution in [0.5, 0.6) is 0 Å². The Labute approximate surface area is 167 Å². The minimum atomic E-state index is -0.138. The topological polar surface area (TPSA) is 97.9 Å². The summed E-state index contributed by atoms with van der Waals surface area (Å²) < 4.78 is 3.59. The molecule has 3 aromatic rings. The minimum absolute atomic E-state index is 0.0332. The van der Waals surface area contributed by atoms with Crippen molar-refractivity contribution >= 4 is 22.8 Å². The number of fused-ring (bicyclic) bond motifs is 1. The number of rotatable bonds is 5. The number of hydrogen-bond acceptors (Lipinski definition) is 5. The van der Waals surface area contributed by atoms with Gasteiger partial charge in [-0.25, -0.2) is 14.6 Å². The highest BCUT2D eigenvalue weighted by Gasteiger charge is 2.41. The summed E-state index contributed by atoms with van der Waals surface area (Å²) in [5.74, 6) is 1.03. The number of aryl methyl sites for hydroxylation is 1. The van der Waals surface area contributed by atoms with E-state index >= 15 is 0 Å². The molecule has 9 nitrogen and oxygen atoms in total. The Balaban J connectivity index is 1.35. The molecule has 2 amide bonds. The first kappa shape index (κ1) is 17.8. The van der Waals surface area contributed by atoms with E-state index in [9.17, 15) is 9.59 Å². The maximum absolute atomic E-state index is 13.0. The maximum Gasteiger partial charge on any atom is 0.244 e. The van der Waals surface area contributed by atoms with E-state index < -0.39 is 0 Å². The van der Waals surface area contributed by atoms with E-state index in [0.29, 0.717) is 18.7 Å². The van der Waals surface area contributed by atoms with Gasteiger partial charge in [-0.15, -0.1) is 0 Å². The molecule has 3 aromatic heterocycles. The summed E-state index contributed by atoms with van der Waals surface area (Å²) in [7, 11) is 1.94. The second-order valence-electron chi connectivity index (χ2n) is 7.91. The van der Waals surface area contributed by atoms with E-state index in [2.05, 4.69) is 20.4 Å². The second-order valence-corrected chi connectivity index (χ2v) is 7.91. The number of likely N-dealkylation sites (tertiary alicyclic amines) is 1. The summed E-state index contributed by atoms with van der Waals surface area (Å²) in [6.07, 6.45) is 8.96. The van der Waals surface area contributed by atoms with Crippen LogP contribution in [0.2, 0.25) is 0 Å². The number of hydrogen-bond donors (Lipinski definition) is 1. The van der Waals surface area contributed by atoms with Crippen molar-refractivity contribution in [2.45, 2.75) is 31.3 Å². The quantitative estimate of drug-likeness (QED) is 0.688. The number of nitrogens with one attached hydrogen (secondary N) is 1. The van der Waals surface area contributed by atoms with Gasteiger partial charge in [-0.1, -0.05) is 0 Å². The molecule has 0 unspecified atom stereocenters. The average Bonchev–Trinajstić information content (AvgIpc) is 3.18. The van der Waals surface area contributed by atoms with Gasteiger partial charge in [0.1, 0.15) is 12.4 Å². The molecule has 9 heteroatoms. The maximum atomic E-state index is 13.0. The molecule has 2 aliphatic rings. The van der Waals surface area contributed by atoms with Crippen molar-refractivity contribution in [1.29, 1.82) is 0 Å². The van der Waals surface area contributed by atoms with Crippen LogP contribution in [0, 0.1) is 5.92 Å². The van der Waals surface area contributed by atoms with Crippen molar-refractivity contribution in [1.82, 2.24) is 34.5 Å². The molecule has 0 spiro atoms. The summed E-state index contributed by atoms with van der Waals surface area (Å²) in [5, 5.41) is 8.37. The molecule has 0 aromatic carbocycles. The number of carbonyl (C=O) groups is 2. The molecule has 150 valence electrons. The van der Waals surface area contributed by atoms with Crippen molar-refractivity contribution in [2.75, 3.05) is 13.1 Å². The fourth-order valence-corrected chi connectivity index (χ4v) is 4.05. The van der Waals surface area contributed by atoms with Crippen LogP contribution in [0.1, 0.15) is 24.6 Å². The standard InChI is InChI=1S/C20H23N7O2/c1-25-8-7-22-19(25)15-10-26(11-16(15)24-20(29)13-4-5-13)17(28)12-27-18-14(9-23-27)3-2-6-21-18/h2-3,6-9,13,15-16H,4-5,10-12H2,1H3,(H,24,29)/t15-,16-/m1/s1. The number of pyridine rings is 1. The largest absolute Gasteiger partial charge is 0.351 e. The van der Waals surface area contributed by atoms with E-state index in [-0.39, 0.29) is 36.2 Å². The lowest BCUT2D eigenvalue weighted by molar-refractivity contribution is -0.131. The highest BCUT2D eigenvalue weighted by Crippen LogP contribution is 2.31. The zero-order valence-electron chi connectivity index (χ0n) is 16.2. The van der Waals surface area contributed by atoms with Crippen molar-refractivity contribution < 1.29 is 9.59 Å². The minimum Gasteiger partial charge on any atom is -0.351 e. The van der Waals surface area contributed by atoms with E-state index in [4.69, 9.17) is 0 Å². The second kappa shape index (κ2) is 6.98.